The molecule has 0 bridgehead atoms. The Labute approximate surface area is 100.0 Å². The molecule has 1 unspecified atom stereocenters. The molecule has 1 aromatic heterocycles. The fourth-order valence-corrected chi connectivity index (χ4v) is 2.11. The lowest BCUT2D eigenvalue weighted by Gasteiger charge is -2.24. The largest absolute Gasteiger partial charge is 0.396 e. The van der Waals surface area contributed by atoms with E-state index in [9.17, 15) is 4.79 Å². The third-order valence-electron chi connectivity index (χ3n) is 3.04. The van der Waals surface area contributed by atoms with E-state index in [-0.39, 0.29) is 11.9 Å². The molecule has 2 heterocycles. The molecular weight excluding hydrogens is 218 g/mol. The van der Waals surface area contributed by atoms with Crippen molar-refractivity contribution in [1.29, 1.82) is 0 Å². The molecule has 6 nitrogen and oxygen atoms in total. The van der Waals surface area contributed by atoms with Gasteiger partial charge in [0.1, 0.15) is 17.7 Å². The number of nitrogen functional groups attached to an aromatic ring is 2. The van der Waals surface area contributed by atoms with Crippen molar-refractivity contribution in [3.8, 4) is 0 Å². The average molecular weight is 235 g/mol. The Morgan fingerprint density at radius 2 is 2.29 bits per heavy atom. The van der Waals surface area contributed by atoms with Crippen molar-refractivity contribution in [1.82, 2.24) is 10.3 Å². The van der Waals surface area contributed by atoms with Gasteiger partial charge >= 0.3 is 0 Å². The number of aromatic nitrogens is 1. The summed E-state index contributed by atoms with van der Waals surface area (Å²) in [5.74, 6) is 1.03. The zero-order chi connectivity index (χ0) is 12.4. The Bertz CT molecular complexity index is 434. The van der Waals surface area contributed by atoms with Gasteiger partial charge < -0.3 is 21.7 Å². The first-order valence-electron chi connectivity index (χ1n) is 5.63. The Morgan fingerprint density at radius 3 is 2.94 bits per heavy atom. The molecule has 0 saturated carbocycles. The zero-order valence-corrected chi connectivity index (χ0v) is 9.81. The van der Waals surface area contributed by atoms with Crippen molar-refractivity contribution in [2.24, 2.45) is 0 Å². The molecule has 1 saturated heterocycles. The molecule has 0 radical (unpaired) electrons. The van der Waals surface area contributed by atoms with Gasteiger partial charge in [-0.2, -0.15) is 0 Å². The molecule has 1 fully saturated rings. The Morgan fingerprint density at radius 1 is 1.53 bits per heavy atom. The van der Waals surface area contributed by atoms with Crippen LogP contribution in [-0.2, 0) is 4.79 Å². The first-order valence-corrected chi connectivity index (χ1v) is 5.63. The molecule has 1 amide bonds. The van der Waals surface area contributed by atoms with Crippen LogP contribution in [0.4, 0.5) is 17.3 Å². The molecule has 0 aliphatic carbocycles. The van der Waals surface area contributed by atoms with Crippen LogP contribution in [0.5, 0.6) is 0 Å². The van der Waals surface area contributed by atoms with Gasteiger partial charge in [-0.1, -0.05) is 0 Å². The number of nitrogens with one attached hydrogen (secondary N) is 1. The van der Waals surface area contributed by atoms with E-state index in [1.54, 1.807) is 19.2 Å². The van der Waals surface area contributed by atoms with Crippen molar-refractivity contribution >= 4 is 23.2 Å². The van der Waals surface area contributed by atoms with E-state index in [2.05, 4.69) is 10.3 Å². The molecule has 92 valence electrons. The number of hydrogen-bond acceptors (Lipinski definition) is 5. The van der Waals surface area contributed by atoms with E-state index in [1.165, 1.54) is 0 Å². The van der Waals surface area contributed by atoms with Gasteiger partial charge in [-0.05, 0) is 25.0 Å². The summed E-state index contributed by atoms with van der Waals surface area (Å²) < 4.78 is 0. The maximum Gasteiger partial charge on any atom is 0.242 e. The maximum absolute atomic E-state index is 11.7. The monoisotopic (exact) mass is 235 g/mol. The SMILES string of the molecule is CNC(=O)C1CCCN1c1ccc(N)c(N)n1. The molecule has 1 aromatic rings. The minimum absolute atomic E-state index is 0.0136. The van der Waals surface area contributed by atoms with Gasteiger partial charge in [0, 0.05) is 13.6 Å². The molecule has 17 heavy (non-hydrogen) atoms. The first-order chi connectivity index (χ1) is 8.13. The lowest BCUT2D eigenvalue weighted by molar-refractivity contribution is -0.121. The second-order valence-electron chi connectivity index (χ2n) is 4.11. The molecule has 1 aliphatic heterocycles. The van der Waals surface area contributed by atoms with Crippen molar-refractivity contribution < 1.29 is 4.79 Å². The van der Waals surface area contributed by atoms with Gasteiger partial charge in [-0.3, -0.25) is 4.79 Å². The van der Waals surface area contributed by atoms with Gasteiger partial charge in [0.05, 0.1) is 5.69 Å². The Hall–Kier alpha value is -1.98. The summed E-state index contributed by atoms with van der Waals surface area (Å²) in [7, 11) is 1.64. The number of rotatable bonds is 2. The van der Waals surface area contributed by atoms with E-state index in [4.69, 9.17) is 11.5 Å². The first kappa shape index (κ1) is 11.5. The van der Waals surface area contributed by atoms with Crippen LogP contribution in [0.2, 0.25) is 0 Å². The van der Waals surface area contributed by atoms with Gasteiger partial charge in [-0.25, -0.2) is 4.98 Å². The second kappa shape index (κ2) is 4.48. The van der Waals surface area contributed by atoms with Crippen LogP contribution < -0.4 is 21.7 Å². The highest BCUT2D eigenvalue weighted by molar-refractivity contribution is 5.85. The van der Waals surface area contributed by atoms with Crippen molar-refractivity contribution in [3.05, 3.63) is 12.1 Å². The number of likely N-dealkylation sites (N-methyl/N-ethyl adjacent to an activating group) is 1. The lowest BCUT2D eigenvalue weighted by Crippen LogP contribution is -2.42. The highest BCUT2D eigenvalue weighted by atomic mass is 16.2. The fourth-order valence-electron chi connectivity index (χ4n) is 2.11. The summed E-state index contributed by atoms with van der Waals surface area (Å²) in [5, 5.41) is 2.67. The van der Waals surface area contributed by atoms with Crippen LogP contribution in [0.25, 0.3) is 0 Å². The second-order valence-corrected chi connectivity index (χ2v) is 4.11. The number of carbonyl (C=O) groups is 1. The van der Waals surface area contributed by atoms with Crippen LogP contribution in [-0.4, -0.2) is 30.5 Å². The van der Waals surface area contributed by atoms with E-state index in [0.29, 0.717) is 17.3 Å². The van der Waals surface area contributed by atoms with E-state index < -0.39 is 0 Å². The van der Waals surface area contributed by atoms with Gasteiger partial charge in [0.25, 0.3) is 0 Å². The number of pyridine rings is 1. The number of nitrogens with two attached hydrogens (primary N) is 2. The van der Waals surface area contributed by atoms with E-state index in [0.717, 1.165) is 19.4 Å². The van der Waals surface area contributed by atoms with E-state index >= 15 is 0 Å². The summed E-state index contributed by atoms with van der Waals surface area (Å²) in [5.41, 5.74) is 11.8. The van der Waals surface area contributed by atoms with Crippen LogP contribution in [0, 0.1) is 0 Å². The Balaban J connectivity index is 2.26. The molecule has 6 heteroatoms. The molecule has 1 atom stereocenters. The van der Waals surface area contributed by atoms with Crippen molar-refractivity contribution in [2.75, 3.05) is 30.0 Å². The standard InChI is InChI=1S/C11H17N5O/c1-14-11(17)8-3-2-6-16(8)9-5-4-7(12)10(13)15-9/h4-5,8H,2-3,6,12H2,1H3,(H2,13,15)(H,14,17). The number of nitrogens with zero attached hydrogens (tertiary/aromatic N) is 2. The predicted octanol–water partition coefficient (Wildman–Crippen LogP) is -0.0392. The maximum atomic E-state index is 11.7. The molecule has 0 spiro atoms. The van der Waals surface area contributed by atoms with Gasteiger partial charge in [0.15, 0.2) is 0 Å². The molecule has 1 aliphatic rings. The third kappa shape index (κ3) is 2.11. The van der Waals surface area contributed by atoms with E-state index in [1.807, 2.05) is 4.90 Å². The summed E-state index contributed by atoms with van der Waals surface area (Å²) in [6, 6.07) is 3.36. The van der Waals surface area contributed by atoms with Gasteiger partial charge in [-0.15, -0.1) is 0 Å². The highest BCUT2D eigenvalue weighted by Gasteiger charge is 2.31. The number of anilines is 3. The zero-order valence-electron chi connectivity index (χ0n) is 9.81. The number of amides is 1. The summed E-state index contributed by atoms with van der Waals surface area (Å²) in [6.45, 7) is 0.814. The minimum Gasteiger partial charge on any atom is -0.396 e. The topological polar surface area (TPSA) is 97.3 Å². The third-order valence-corrected chi connectivity index (χ3v) is 3.04. The highest BCUT2D eigenvalue weighted by Crippen LogP contribution is 2.26. The van der Waals surface area contributed by atoms with Crippen molar-refractivity contribution in [3.63, 3.8) is 0 Å². The quantitative estimate of drug-likeness (QED) is 0.668. The predicted molar refractivity (Wildman–Crippen MR) is 67.5 cm³/mol. The minimum atomic E-state index is -0.157. The van der Waals surface area contributed by atoms with Crippen LogP contribution >= 0.6 is 0 Å². The summed E-state index contributed by atoms with van der Waals surface area (Å²) in [4.78, 5) is 17.9. The summed E-state index contributed by atoms with van der Waals surface area (Å²) >= 11 is 0. The molecular formula is C11H17N5O. The smallest absolute Gasteiger partial charge is 0.242 e. The number of hydrogen-bond donors (Lipinski definition) is 3. The number of carbonyl (C=O) groups excluding carboxylic acids is 1. The molecule has 0 aromatic carbocycles. The fraction of sp³-hybridized carbons (Fsp3) is 0.455. The average Bonchev–Trinajstić information content (AvgIpc) is 2.80. The Kier molecular flexibility index (Phi) is 3.03. The molecule has 5 N–H and O–H groups in total. The molecule has 2 rings (SSSR count). The van der Waals surface area contributed by atoms with Gasteiger partial charge in [0.2, 0.25) is 5.91 Å². The van der Waals surface area contributed by atoms with Crippen molar-refractivity contribution in [2.45, 2.75) is 18.9 Å². The van der Waals surface area contributed by atoms with Crippen LogP contribution in [0.3, 0.4) is 0 Å². The summed E-state index contributed by atoms with van der Waals surface area (Å²) in [6.07, 6.45) is 1.82. The van der Waals surface area contributed by atoms with Crippen LogP contribution in [0.15, 0.2) is 12.1 Å². The lowest BCUT2D eigenvalue weighted by atomic mass is 10.2. The normalized spacial score (nSPS) is 19.4. The van der Waals surface area contributed by atoms with Crippen LogP contribution in [0.1, 0.15) is 12.8 Å².